The maximum atomic E-state index is 13.7. The molecule has 35 heavy (non-hydrogen) atoms. The summed E-state index contributed by atoms with van der Waals surface area (Å²) in [5.41, 5.74) is 4.46. The van der Waals surface area contributed by atoms with Crippen molar-refractivity contribution in [3.8, 4) is 22.5 Å². The molecule has 2 heterocycles. The van der Waals surface area contributed by atoms with E-state index in [2.05, 4.69) is 4.98 Å². The molecule has 0 saturated carbocycles. The van der Waals surface area contributed by atoms with Gasteiger partial charge in [-0.05, 0) is 30.3 Å². The Labute approximate surface area is 202 Å². The fourth-order valence-electron chi connectivity index (χ4n) is 4.25. The topological polar surface area (TPSA) is 72.8 Å². The van der Waals surface area contributed by atoms with E-state index in [0.29, 0.717) is 22.1 Å². The summed E-state index contributed by atoms with van der Waals surface area (Å²) in [6.07, 6.45) is 3.27. The van der Waals surface area contributed by atoms with Crippen LogP contribution >= 0.6 is 0 Å². The second-order valence-corrected chi connectivity index (χ2v) is 10.1. The normalized spacial score (nSPS) is 11.7. The molecule has 6 aromatic rings. The molecule has 168 valence electrons. The molecule has 0 atom stereocenters. The number of hydrogen-bond acceptors (Lipinski definition) is 5. The van der Waals surface area contributed by atoms with Gasteiger partial charge in [-0.2, -0.15) is 0 Å². The Kier molecular flexibility index (Phi) is 5.08. The van der Waals surface area contributed by atoms with Crippen molar-refractivity contribution >= 4 is 31.6 Å². The Balaban J connectivity index is 1.57. The van der Waals surface area contributed by atoms with Crippen LogP contribution in [-0.2, 0) is 9.84 Å². The van der Waals surface area contributed by atoms with Crippen molar-refractivity contribution in [2.75, 3.05) is 0 Å². The van der Waals surface area contributed by atoms with Gasteiger partial charge in [-0.1, -0.05) is 72.8 Å². The highest BCUT2D eigenvalue weighted by Crippen LogP contribution is 2.33. The van der Waals surface area contributed by atoms with Crippen molar-refractivity contribution < 1.29 is 8.42 Å². The van der Waals surface area contributed by atoms with Crippen LogP contribution in [0.2, 0.25) is 0 Å². The van der Waals surface area contributed by atoms with Crippen LogP contribution in [0.5, 0.6) is 0 Å². The van der Waals surface area contributed by atoms with Crippen molar-refractivity contribution in [3.63, 3.8) is 0 Å². The average Bonchev–Trinajstić information content (AvgIpc) is 2.92. The van der Waals surface area contributed by atoms with Gasteiger partial charge in [-0.25, -0.2) is 18.4 Å². The lowest BCUT2D eigenvalue weighted by atomic mass is 10.0. The van der Waals surface area contributed by atoms with E-state index in [1.807, 2.05) is 66.7 Å². The summed E-state index contributed by atoms with van der Waals surface area (Å²) >= 11 is 0. The fourth-order valence-corrected chi connectivity index (χ4v) is 5.75. The van der Waals surface area contributed by atoms with Crippen molar-refractivity contribution in [3.05, 3.63) is 116 Å². The molecule has 0 unspecified atom stereocenters. The van der Waals surface area contributed by atoms with Crippen molar-refractivity contribution in [1.29, 1.82) is 0 Å². The highest BCUT2D eigenvalue weighted by molar-refractivity contribution is 7.91. The second kappa shape index (κ2) is 8.42. The van der Waals surface area contributed by atoms with Crippen LogP contribution in [0.4, 0.5) is 0 Å². The average molecular weight is 474 g/mol. The molecule has 4 aromatic carbocycles. The quantitative estimate of drug-likeness (QED) is 0.298. The van der Waals surface area contributed by atoms with Crippen LogP contribution in [0, 0.1) is 0 Å². The predicted octanol–water partition coefficient (Wildman–Crippen LogP) is 6.34. The van der Waals surface area contributed by atoms with Gasteiger partial charge in [0.05, 0.1) is 32.2 Å². The Hall–Kier alpha value is -4.42. The molecule has 0 fully saturated rings. The zero-order chi connectivity index (χ0) is 23.8. The van der Waals surface area contributed by atoms with Crippen LogP contribution < -0.4 is 0 Å². The van der Waals surface area contributed by atoms with Crippen LogP contribution in [0.1, 0.15) is 0 Å². The number of hydrogen-bond donors (Lipinski definition) is 0. The molecule has 0 saturated heterocycles. The number of benzene rings is 4. The molecule has 6 heteroatoms. The van der Waals surface area contributed by atoms with E-state index in [-0.39, 0.29) is 9.79 Å². The summed E-state index contributed by atoms with van der Waals surface area (Å²) in [4.78, 5) is 14.3. The summed E-state index contributed by atoms with van der Waals surface area (Å²) in [5, 5.41) is 1.41. The second-order valence-electron chi connectivity index (χ2n) is 8.16. The number of fused-ring (bicyclic) bond motifs is 2. The van der Waals surface area contributed by atoms with Crippen molar-refractivity contribution in [2.24, 2.45) is 0 Å². The molecule has 0 radical (unpaired) electrons. The lowest BCUT2D eigenvalue weighted by molar-refractivity contribution is 0.597. The predicted molar refractivity (Wildman–Crippen MR) is 138 cm³/mol. The Bertz CT molecular complexity index is 1800. The van der Waals surface area contributed by atoms with E-state index >= 15 is 0 Å². The molecule has 6 rings (SSSR count). The zero-order valence-electron chi connectivity index (χ0n) is 18.5. The summed E-state index contributed by atoms with van der Waals surface area (Å²) in [7, 11) is -3.79. The fraction of sp³-hybridized carbons (Fsp3) is 0. The minimum atomic E-state index is -3.79. The molecule has 0 aliphatic carbocycles. The van der Waals surface area contributed by atoms with Gasteiger partial charge in [0.25, 0.3) is 0 Å². The largest absolute Gasteiger partial charge is 0.264 e. The number of sulfone groups is 1. The minimum Gasteiger partial charge on any atom is -0.264 e. The number of pyridine rings is 1. The van der Waals surface area contributed by atoms with Gasteiger partial charge in [-0.3, -0.25) is 4.98 Å². The maximum Gasteiger partial charge on any atom is 0.207 e. The van der Waals surface area contributed by atoms with Crippen LogP contribution in [0.3, 0.4) is 0 Å². The third-order valence-electron chi connectivity index (χ3n) is 5.97. The first-order valence-corrected chi connectivity index (χ1v) is 12.6. The van der Waals surface area contributed by atoms with E-state index < -0.39 is 9.84 Å². The van der Waals surface area contributed by atoms with E-state index in [1.54, 1.807) is 48.8 Å². The van der Waals surface area contributed by atoms with E-state index in [4.69, 9.17) is 9.97 Å². The summed E-state index contributed by atoms with van der Waals surface area (Å²) in [6.45, 7) is 0. The Morgan fingerprint density at radius 3 is 1.94 bits per heavy atom. The lowest BCUT2D eigenvalue weighted by Crippen LogP contribution is -2.04. The first kappa shape index (κ1) is 21.1. The smallest absolute Gasteiger partial charge is 0.207 e. The standard InChI is InChI=1S/C29H19N3O2S/c33-35(34,27-13-7-12-22-19-30-17-16-24(22)27)23-14-15-25-26(18-23)32-29(21-10-5-2-6-11-21)28(31-25)20-8-3-1-4-9-20/h1-19H. The van der Waals surface area contributed by atoms with Gasteiger partial charge in [0.15, 0.2) is 0 Å². The lowest BCUT2D eigenvalue weighted by Gasteiger charge is -2.12. The molecule has 0 N–H and O–H groups in total. The van der Waals surface area contributed by atoms with Gasteiger partial charge in [0, 0.05) is 34.3 Å². The number of rotatable bonds is 4. The molecule has 0 aliphatic rings. The van der Waals surface area contributed by atoms with Crippen LogP contribution in [0.25, 0.3) is 44.3 Å². The van der Waals surface area contributed by atoms with Gasteiger partial charge in [-0.15, -0.1) is 0 Å². The summed E-state index contributed by atoms with van der Waals surface area (Å²) in [6, 6.07) is 31.6. The van der Waals surface area contributed by atoms with Crippen molar-refractivity contribution in [2.45, 2.75) is 9.79 Å². The summed E-state index contributed by atoms with van der Waals surface area (Å²) < 4.78 is 27.3. The molecule has 0 amide bonds. The first-order chi connectivity index (χ1) is 17.1. The molecule has 0 bridgehead atoms. The Morgan fingerprint density at radius 1 is 0.600 bits per heavy atom. The van der Waals surface area contributed by atoms with E-state index in [0.717, 1.165) is 22.2 Å². The highest BCUT2D eigenvalue weighted by Gasteiger charge is 2.22. The third kappa shape index (κ3) is 3.74. The van der Waals surface area contributed by atoms with Gasteiger partial charge in [0.1, 0.15) is 0 Å². The van der Waals surface area contributed by atoms with Gasteiger partial charge < -0.3 is 0 Å². The van der Waals surface area contributed by atoms with Gasteiger partial charge >= 0.3 is 0 Å². The van der Waals surface area contributed by atoms with Crippen molar-refractivity contribution in [1.82, 2.24) is 15.0 Å². The SMILES string of the molecule is O=S(=O)(c1ccc2nc(-c3ccccc3)c(-c3ccccc3)nc2c1)c1cccc2cnccc12. The molecular weight excluding hydrogens is 454 g/mol. The van der Waals surface area contributed by atoms with E-state index in [1.165, 1.54) is 0 Å². The van der Waals surface area contributed by atoms with E-state index in [9.17, 15) is 8.42 Å². The molecule has 0 aliphatic heterocycles. The molecule has 5 nitrogen and oxygen atoms in total. The highest BCUT2D eigenvalue weighted by atomic mass is 32.2. The monoisotopic (exact) mass is 473 g/mol. The Morgan fingerprint density at radius 2 is 1.26 bits per heavy atom. The number of aromatic nitrogens is 3. The molecule has 2 aromatic heterocycles. The van der Waals surface area contributed by atoms with Crippen LogP contribution in [0.15, 0.2) is 125 Å². The van der Waals surface area contributed by atoms with Gasteiger partial charge in [0.2, 0.25) is 9.84 Å². The maximum absolute atomic E-state index is 13.7. The molecule has 0 spiro atoms. The summed E-state index contributed by atoms with van der Waals surface area (Å²) in [5.74, 6) is 0. The first-order valence-electron chi connectivity index (χ1n) is 11.1. The van der Waals surface area contributed by atoms with Crippen LogP contribution in [-0.4, -0.2) is 23.4 Å². The zero-order valence-corrected chi connectivity index (χ0v) is 19.4. The number of nitrogens with zero attached hydrogens (tertiary/aromatic N) is 3. The molecular formula is C29H19N3O2S. The minimum absolute atomic E-state index is 0.176. The third-order valence-corrected chi connectivity index (χ3v) is 7.78.